The Balaban J connectivity index is 1.55. The molecular weight excluding hydrogens is 547 g/mol. The van der Waals surface area contributed by atoms with Crippen LogP contribution < -0.4 is 5.32 Å². The van der Waals surface area contributed by atoms with Crippen LogP contribution in [0.3, 0.4) is 0 Å². The lowest BCUT2D eigenvalue weighted by Crippen LogP contribution is -2.48. The largest absolute Gasteiger partial charge is 0.451 e. The lowest BCUT2D eigenvalue weighted by Gasteiger charge is -2.26. The first-order chi connectivity index (χ1) is 18.3. The minimum Gasteiger partial charge on any atom is -0.349 e. The van der Waals surface area contributed by atoms with Crippen molar-refractivity contribution in [1.82, 2.24) is 24.6 Å². The van der Waals surface area contributed by atoms with Crippen LogP contribution in [0.15, 0.2) is 53.8 Å². The minimum atomic E-state index is -4.75. The molecule has 0 radical (unpaired) electrons. The molecule has 1 fully saturated rings. The summed E-state index contributed by atoms with van der Waals surface area (Å²) in [5.41, 5.74) is 0.434. The summed E-state index contributed by atoms with van der Waals surface area (Å²) in [6.45, 7) is 1.05. The van der Waals surface area contributed by atoms with Crippen molar-refractivity contribution in [3.05, 3.63) is 71.8 Å². The highest BCUT2D eigenvalue weighted by Crippen LogP contribution is 2.33. The lowest BCUT2D eigenvalue weighted by atomic mass is 10.0. The minimum absolute atomic E-state index is 0.00916. The van der Waals surface area contributed by atoms with Crippen molar-refractivity contribution >= 4 is 15.9 Å². The number of halogens is 5. The second kappa shape index (κ2) is 10.6. The zero-order valence-electron chi connectivity index (χ0n) is 20.0. The molecule has 1 aliphatic heterocycles. The number of nitriles is 1. The zero-order chi connectivity index (χ0) is 28.5. The number of hydrogen-bond donors (Lipinski definition) is 1. The van der Waals surface area contributed by atoms with Crippen LogP contribution >= 0.6 is 0 Å². The van der Waals surface area contributed by atoms with E-state index in [0.29, 0.717) is 0 Å². The molecule has 0 aliphatic carbocycles. The Morgan fingerprint density at radius 1 is 1.15 bits per heavy atom. The van der Waals surface area contributed by atoms with Gasteiger partial charge in [-0.1, -0.05) is 0 Å². The molecule has 4 rings (SSSR count). The van der Waals surface area contributed by atoms with Crippen molar-refractivity contribution < 1.29 is 35.2 Å². The monoisotopic (exact) mass is 566 g/mol. The smallest absolute Gasteiger partial charge is 0.349 e. The number of nitrogens with zero attached hydrogens (tertiary/aromatic N) is 5. The average molecular weight is 567 g/mol. The third kappa shape index (κ3) is 5.71. The van der Waals surface area contributed by atoms with Gasteiger partial charge in [-0.05, 0) is 37.3 Å². The van der Waals surface area contributed by atoms with Crippen molar-refractivity contribution in [1.29, 1.82) is 5.26 Å². The number of amides is 1. The van der Waals surface area contributed by atoms with Gasteiger partial charge in [-0.25, -0.2) is 27.2 Å². The quantitative estimate of drug-likeness (QED) is 0.453. The number of alkyl halides is 4. The number of nitrogens with one attached hydrogen (secondary N) is 1. The zero-order valence-corrected chi connectivity index (χ0v) is 20.8. The van der Waals surface area contributed by atoms with Gasteiger partial charge in [0.25, 0.3) is 0 Å². The van der Waals surface area contributed by atoms with E-state index in [2.05, 4.69) is 20.3 Å². The molecule has 2 aromatic heterocycles. The van der Waals surface area contributed by atoms with Gasteiger partial charge in [-0.3, -0.25) is 9.78 Å². The summed E-state index contributed by atoms with van der Waals surface area (Å²) >= 11 is 0. The second-order valence-corrected chi connectivity index (χ2v) is 10.5. The third-order valence-corrected chi connectivity index (χ3v) is 8.12. The number of aromatic nitrogens is 3. The standard InChI is InChI=1S/C24H19F5N6O3S/c1-13-20(26)7-21(35(13)39(37,38)18-4-2-16(25)3-5-18)22(36)32-12-17-6-19(14(8-30)9-31-17)15-10-33-23(34-11-15)24(27,28)29/h2-6,9-11,13,20-21H,7,12H2,1H3,(H,32,36). The van der Waals surface area contributed by atoms with E-state index in [1.165, 1.54) is 13.0 Å². The molecule has 0 saturated carbocycles. The van der Waals surface area contributed by atoms with E-state index in [9.17, 15) is 40.4 Å². The number of carbonyl (C=O) groups excluding carboxylic acids is 1. The van der Waals surface area contributed by atoms with Gasteiger partial charge in [-0.15, -0.1) is 0 Å². The summed E-state index contributed by atoms with van der Waals surface area (Å²) in [7, 11) is -4.36. The van der Waals surface area contributed by atoms with Crippen molar-refractivity contribution in [2.75, 3.05) is 0 Å². The topological polar surface area (TPSA) is 129 Å². The fraction of sp³-hybridized carbons (Fsp3) is 0.292. The summed E-state index contributed by atoms with van der Waals surface area (Å²) in [6.07, 6.45) is -3.87. The number of hydrogen-bond acceptors (Lipinski definition) is 7. The van der Waals surface area contributed by atoms with E-state index < -0.39 is 58.4 Å². The van der Waals surface area contributed by atoms with Gasteiger partial charge in [0.05, 0.1) is 28.7 Å². The maximum atomic E-state index is 14.6. The summed E-state index contributed by atoms with van der Waals surface area (Å²) in [5.74, 6) is -2.85. The highest BCUT2D eigenvalue weighted by molar-refractivity contribution is 7.89. The summed E-state index contributed by atoms with van der Waals surface area (Å²) in [4.78, 5) is 23.3. The van der Waals surface area contributed by atoms with Crippen LogP contribution in [-0.2, 0) is 27.5 Å². The Kier molecular flexibility index (Phi) is 7.62. The maximum absolute atomic E-state index is 14.6. The normalized spacial score (nSPS) is 20.0. The van der Waals surface area contributed by atoms with Crippen LogP contribution in [-0.4, -0.2) is 51.8 Å². The maximum Gasteiger partial charge on any atom is 0.451 e. The molecule has 15 heteroatoms. The van der Waals surface area contributed by atoms with Gasteiger partial charge >= 0.3 is 6.18 Å². The number of benzene rings is 1. The molecule has 1 aliphatic rings. The van der Waals surface area contributed by atoms with Crippen LogP contribution in [0.4, 0.5) is 22.0 Å². The Morgan fingerprint density at radius 2 is 1.79 bits per heavy atom. The van der Waals surface area contributed by atoms with Crippen LogP contribution in [0.1, 0.15) is 30.4 Å². The van der Waals surface area contributed by atoms with E-state index in [-0.39, 0.29) is 33.8 Å². The molecule has 1 saturated heterocycles. The number of rotatable bonds is 6. The molecule has 0 spiro atoms. The average Bonchev–Trinajstić information content (AvgIpc) is 3.21. The van der Waals surface area contributed by atoms with Crippen molar-refractivity contribution in [3.8, 4) is 17.2 Å². The molecule has 0 bridgehead atoms. The molecule has 9 nitrogen and oxygen atoms in total. The SMILES string of the molecule is CC1C(F)CC(C(=O)NCc2cc(-c3cnc(C(F)(F)F)nc3)c(C#N)cn2)N1S(=O)(=O)c1ccc(F)cc1. The fourth-order valence-corrected chi connectivity index (χ4v) is 5.94. The van der Waals surface area contributed by atoms with Gasteiger partial charge in [0.1, 0.15) is 24.1 Å². The molecule has 3 atom stereocenters. The van der Waals surface area contributed by atoms with Gasteiger partial charge < -0.3 is 5.32 Å². The molecule has 39 heavy (non-hydrogen) atoms. The molecule has 3 unspecified atom stereocenters. The molecule has 204 valence electrons. The molecule has 1 N–H and O–H groups in total. The van der Waals surface area contributed by atoms with E-state index in [0.717, 1.165) is 47.2 Å². The van der Waals surface area contributed by atoms with Gasteiger partial charge in [0.15, 0.2) is 0 Å². The van der Waals surface area contributed by atoms with Crippen molar-refractivity contribution in [2.45, 2.75) is 49.2 Å². The highest BCUT2D eigenvalue weighted by Gasteiger charge is 2.49. The van der Waals surface area contributed by atoms with Crippen LogP contribution in [0.2, 0.25) is 0 Å². The van der Waals surface area contributed by atoms with Crippen LogP contribution in [0.5, 0.6) is 0 Å². The third-order valence-electron chi connectivity index (χ3n) is 6.11. The van der Waals surface area contributed by atoms with Crippen LogP contribution in [0, 0.1) is 17.1 Å². The molecule has 1 aromatic carbocycles. The first-order valence-electron chi connectivity index (χ1n) is 11.3. The van der Waals surface area contributed by atoms with E-state index in [1.807, 2.05) is 6.07 Å². The lowest BCUT2D eigenvalue weighted by molar-refractivity contribution is -0.145. The summed E-state index contributed by atoms with van der Waals surface area (Å²) in [6, 6.07) is 4.53. The van der Waals surface area contributed by atoms with E-state index in [4.69, 9.17) is 0 Å². The van der Waals surface area contributed by atoms with Crippen molar-refractivity contribution in [2.24, 2.45) is 0 Å². The van der Waals surface area contributed by atoms with Gasteiger partial charge in [-0.2, -0.15) is 22.7 Å². The first-order valence-corrected chi connectivity index (χ1v) is 12.8. The Labute approximate surface area is 219 Å². The number of sulfonamides is 1. The first kappa shape index (κ1) is 28.0. The molecule has 1 amide bonds. The predicted octanol–water partition coefficient (Wildman–Crippen LogP) is 3.37. The fourth-order valence-electron chi connectivity index (χ4n) is 4.13. The van der Waals surface area contributed by atoms with Crippen LogP contribution in [0.25, 0.3) is 11.1 Å². The van der Waals surface area contributed by atoms with E-state index >= 15 is 0 Å². The summed E-state index contributed by atoms with van der Waals surface area (Å²) in [5, 5.41) is 11.9. The molecule has 3 aromatic rings. The van der Waals surface area contributed by atoms with E-state index in [1.54, 1.807) is 0 Å². The number of carbonyl (C=O) groups is 1. The molecule has 3 heterocycles. The molecular formula is C24H19F5N6O3S. The van der Waals surface area contributed by atoms with Gasteiger partial charge in [0.2, 0.25) is 21.8 Å². The predicted molar refractivity (Wildman–Crippen MR) is 125 cm³/mol. The Hall–Kier alpha value is -4.03. The van der Waals surface area contributed by atoms with Gasteiger partial charge in [0, 0.05) is 36.1 Å². The second-order valence-electron chi connectivity index (χ2n) is 8.64. The Morgan fingerprint density at radius 3 is 2.38 bits per heavy atom. The van der Waals surface area contributed by atoms with Crippen molar-refractivity contribution in [3.63, 3.8) is 0 Å². The number of pyridine rings is 1. The highest BCUT2D eigenvalue weighted by atomic mass is 32.2. The summed E-state index contributed by atoms with van der Waals surface area (Å²) < 4.78 is 93.4. The Bertz CT molecular complexity index is 1530.